The van der Waals surface area contributed by atoms with Crippen molar-refractivity contribution in [1.82, 2.24) is 0 Å². The summed E-state index contributed by atoms with van der Waals surface area (Å²) in [6.45, 7) is 7.10. The summed E-state index contributed by atoms with van der Waals surface area (Å²) in [5, 5.41) is 9.74. The largest absolute Gasteiger partial charge is 0.396 e. The van der Waals surface area contributed by atoms with E-state index in [9.17, 15) is 5.11 Å². The standard InChI is InChI=1S/C16H24O4/c1-13(18-9-14-7-5-4-6-8-14)16(10-17)11-19-15(2,3)20-12-16/h4-8,13,17H,9-12H2,1-3H3. The number of benzene rings is 1. The van der Waals surface area contributed by atoms with Crippen LogP contribution in [0.3, 0.4) is 0 Å². The fraction of sp³-hybridized carbons (Fsp3) is 0.625. The van der Waals surface area contributed by atoms with Crippen molar-refractivity contribution in [3.8, 4) is 0 Å². The molecule has 2 rings (SSSR count). The van der Waals surface area contributed by atoms with Crippen LogP contribution in [0.2, 0.25) is 0 Å². The zero-order chi connectivity index (χ0) is 14.6. The fourth-order valence-electron chi connectivity index (χ4n) is 2.15. The second kappa shape index (κ2) is 6.22. The molecule has 4 heteroatoms. The molecule has 1 N–H and O–H groups in total. The van der Waals surface area contributed by atoms with Crippen molar-refractivity contribution in [2.24, 2.45) is 5.41 Å². The van der Waals surface area contributed by atoms with Crippen LogP contribution in [0.5, 0.6) is 0 Å². The van der Waals surface area contributed by atoms with Crippen molar-refractivity contribution < 1.29 is 19.3 Å². The van der Waals surface area contributed by atoms with E-state index in [4.69, 9.17) is 14.2 Å². The maximum Gasteiger partial charge on any atom is 0.162 e. The number of aliphatic hydroxyl groups is 1. The Kier molecular flexibility index (Phi) is 4.81. The van der Waals surface area contributed by atoms with Crippen LogP contribution in [0.1, 0.15) is 26.3 Å². The first-order chi connectivity index (χ1) is 9.47. The van der Waals surface area contributed by atoms with Gasteiger partial charge in [0.2, 0.25) is 0 Å². The Morgan fingerprint density at radius 2 is 1.80 bits per heavy atom. The van der Waals surface area contributed by atoms with Crippen LogP contribution < -0.4 is 0 Å². The molecule has 0 aromatic heterocycles. The highest BCUT2D eigenvalue weighted by Gasteiger charge is 2.44. The second-order valence-corrected chi connectivity index (χ2v) is 5.94. The van der Waals surface area contributed by atoms with Gasteiger partial charge in [0.15, 0.2) is 5.79 Å². The number of hydrogen-bond acceptors (Lipinski definition) is 4. The molecule has 1 aliphatic heterocycles. The highest BCUT2D eigenvalue weighted by Crippen LogP contribution is 2.34. The second-order valence-electron chi connectivity index (χ2n) is 5.94. The van der Waals surface area contributed by atoms with Crippen LogP contribution in [0.25, 0.3) is 0 Å². The molecule has 1 unspecified atom stereocenters. The lowest BCUT2D eigenvalue weighted by Crippen LogP contribution is -2.54. The van der Waals surface area contributed by atoms with E-state index in [1.165, 1.54) is 0 Å². The molecule has 0 radical (unpaired) electrons. The molecule has 1 heterocycles. The zero-order valence-corrected chi connectivity index (χ0v) is 12.5. The van der Waals surface area contributed by atoms with Crippen molar-refractivity contribution >= 4 is 0 Å². The summed E-state index contributed by atoms with van der Waals surface area (Å²) in [4.78, 5) is 0. The average Bonchev–Trinajstić information content (AvgIpc) is 2.46. The Labute approximate surface area is 120 Å². The first-order valence-electron chi connectivity index (χ1n) is 7.02. The first kappa shape index (κ1) is 15.4. The van der Waals surface area contributed by atoms with Gasteiger partial charge in [-0.25, -0.2) is 0 Å². The highest BCUT2D eigenvalue weighted by molar-refractivity contribution is 5.13. The minimum Gasteiger partial charge on any atom is -0.396 e. The van der Waals surface area contributed by atoms with Gasteiger partial charge < -0.3 is 19.3 Å². The van der Waals surface area contributed by atoms with Crippen LogP contribution in [0.4, 0.5) is 0 Å². The Morgan fingerprint density at radius 1 is 1.20 bits per heavy atom. The molecule has 1 saturated heterocycles. The van der Waals surface area contributed by atoms with Gasteiger partial charge in [0.1, 0.15) is 0 Å². The van der Waals surface area contributed by atoms with Crippen LogP contribution in [-0.4, -0.2) is 36.8 Å². The van der Waals surface area contributed by atoms with E-state index in [1.807, 2.05) is 51.1 Å². The van der Waals surface area contributed by atoms with Gasteiger partial charge in [-0.2, -0.15) is 0 Å². The molecule has 4 nitrogen and oxygen atoms in total. The molecule has 112 valence electrons. The minimum absolute atomic E-state index is 0.0148. The summed E-state index contributed by atoms with van der Waals surface area (Å²) in [7, 11) is 0. The van der Waals surface area contributed by atoms with Crippen LogP contribution in [-0.2, 0) is 20.8 Å². The fourth-order valence-corrected chi connectivity index (χ4v) is 2.15. The van der Waals surface area contributed by atoms with Crippen molar-refractivity contribution in [2.45, 2.75) is 39.3 Å². The summed E-state index contributed by atoms with van der Waals surface area (Å²) in [5.74, 6) is -0.585. The molecule has 1 atom stereocenters. The topological polar surface area (TPSA) is 47.9 Å². The zero-order valence-electron chi connectivity index (χ0n) is 12.5. The van der Waals surface area contributed by atoms with Crippen LogP contribution in [0.15, 0.2) is 30.3 Å². The Balaban J connectivity index is 1.94. The monoisotopic (exact) mass is 280 g/mol. The highest BCUT2D eigenvalue weighted by atomic mass is 16.7. The molecule has 1 aromatic rings. The van der Waals surface area contributed by atoms with Crippen molar-refractivity contribution in [3.63, 3.8) is 0 Å². The van der Waals surface area contributed by atoms with E-state index in [0.717, 1.165) is 5.56 Å². The van der Waals surface area contributed by atoms with Gasteiger partial charge in [-0.15, -0.1) is 0 Å². The molecule has 0 aliphatic carbocycles. The summed E-state index contributed by atoms with van der Waals surface area (Å²) >= 11 is 0. The average molecular weight is 280 g/mol. The van der Waals surface area contributed by atoms with E-state index >= 15 is 0 Å². The van der Waals surface area contributed by atoms with Gasteiger partial charge in [0.05, 0.1) is 37.9 Å². The van der Waals surface area contributed by atoms with Gasteiger partial charge in [0, 0.05) is 0 Å². The maximum absolute atomic E-state index is 9.74. The van der Waals surface area contributed by atoms with E-state index in [1.54, 1.807) is 0 Å². The van der Waals surface area contributed by atoms with Gasteiger partial charge in [-0.3, -0.25) is 0 Å². The lowest BCUT2D eigenvalue weighted by molar-refractivity contribution is -0.306. The number of aliphatic hydroxyl groups excluding tert-OH is 1. The first-order valence-corrected chi connectivity index (χ1v) is 7.02. The molecule has 1 aliphatic rings. The van der Waals surface area contributed by atoms with Crippen LogP contribution in [0, 0.1) is 5.41 Å². The number of rotatable bonds is 5. The van der Waals surface area contributed by atoms with Crippen molar-refractivity contribution in [2.75, 3.05) is 19.8 Å². The predicted molar refractivity (Wildman–Crippen MR) is 76.2 cm³/mol. The summed E-state index contributed by atoms with van der Waals surface area (Å²) < 4.78 is 17.3. The SMILES string of the molecule is CC(OCc1ccccc1)C1(CO)COC(C)(C)OC1. The molecule has 0 spiro atoms. The van der Waals surface area contributed by atoms with Gasteiger partial charge in [-0.05, 0) is 26.3 Å². The number of hydrogen-bond donors (Lipinski definition) is 1. The Bertz CT molecular complexity index is 406. The third-order valence-corrected chi connectivity index (χ3v) is 3.93. The Hall–Kier alpha value is -0.940. The molecular formula is C16H24O4. The molecule has 1 fully saturated rings. The van der Waals surface area contributed by atoms with Gasteiger partial charge in [0.25, 0.3) is 0 Å². The van der Waals surface area contributed by atoms with Gasteiger partial charge in [-0.1, -0.05) is 30.3 Å². The van der Waals surface area contributed by atoms with Crippen molar-refractivity contribution in [1.29, 1.82) is 0 Å². The lowest BCUT2D eigenvalue weighted by atomic mass is 9.84. The molecule has 0 bridgehead atoms. The quantitative estimate of drug-likeness (QED) is 0.899. The molecule has 0 amide bonds. The molecule has 1 aromatic carbocycles. The predicted octanol–water partition coefficient (Wildman–Crippen LogP) is 2.35. The summed E-state index contributed by atoms with van der Waals surface area (Å²) in [5.41, 5.74) is 0.620. The maximum atomic E-state index is 9.74. The normalized spacial score (nSPS) is 22.4. The molecule has 20 heavy (non-hydrogen) atoms. The van der Waals surface area contributed by atoms with Crippen LogP contribution >= 0.6 is 0 Å². The van der Waals surface area contributed by atoms with E-state index in [-0.39, 0.29) is 12.7 Å². The van der Waals surface area contributed by atoms with Gasteiger partial charge >= 0.3 is 0 Å². The van der Waals surface area contributed by atoms with Crippen molar-refractivity contribution in [3.05, 3.63) is 35.9 Å². The summed E-state index contributed by atoms with van der Waals surface area (Å²) in [6, 6.07) is 10.00. The van der Waals surface area contributed by atoms with E-state index in [0.29, 0.717) is 19.8 Å². The molecule has 0 saturated carbocycles. The third-order valence-electron chi connectivity index (χ3n) is 3.93. The third kappa shape index (κ3) is 3.58. The smallest absolute Gasteiger partial charge is 0.162 e. The van der Waals surface area contributed by atoms with E-state index < -0.39 is 11.2 Å². The Morgan fingerprint density at radius 3 is 2.35 bits per heavy atom. The van der Waals surface area contributed by atoms with E-state index in [2.05, 4.69) is 0 Å². The summed E-state index contributed by atoms with van der Waals surface area (Å²) in [6.07, 6.45) is -0.149. The minimum atomic E-state index is -0.585. The molecular weight excluding hydrogens is 256 g/mol. The number of ether oxygens (including phenoxy) is 3. The lowest BCUT2D eigenvalue weighted by Gasteiger charge is -2.45.